The van der Waals surface area contributed by atoms with Gasteiger partial charge in [-0.05, 0) is 18.2 Å². The fraction of sp³-hybridized carbons (Fsp3) is 0. The molecule has 1 aromatic heterocycles. The second-order valence-electron chi connectivity index (χ2n) is 4.56. The highest BCUT2D eigenvalue weighted by molar-refractivity contribution is 6.06. The molecule has 22 heavy (non-hydrogen) atoms. The van der Waals surface area contributed by atoms with Gasteiger partial charge in [-0.25, -0.2) is 9.89 Å². The third-order valence-corrected chi connectivity index (χ3v) is 3.07. The number of hydrogen-bond donors (Lipinski definition) is 4. The van der Waals surface area contributed by atoms with Gasteiger partial charge >= 0.3 is 6.03 Å². The van der Waals surface area contributed by atoms with Gasteiger partial charge in [0.15, 0.2) is 5.82 Å². The van der Waals surface area contributed by atoms with E-state index in [1.54, 1.807) is 36.4 Å². The van der Waals surface area contributed by atoms with Crippen LogP contribution in [0.2, 0.25) is 0 Å². The lowest BCUT2D eigenvalue weighted by Gasteiger charge is -2.10. The van der Waals surface area contributed by atoms with Crippen molar-refractivity contribution in [3.05, 3.63) is 58.9 Å². The van der Waals surface area contributed by atoms with Gasteiger partial charge in [0, 0.05) is 16.8 Å². The number of aromatic hydroxyl groups is 1. The molecule has 0 aliphatic carbocycles. The summed E-state index contributed by atoms with van der Waals surface area (Å²) >= 11 is 0. The summed E-state index contributed by atoms with van der Waals surface area (Å²) in [6.45, 7) is 0. The van der Waals surface area contributed by atoms with Crippen LogP contribution in [-0.4, -0.2) is 21.3 Å². The van der Waals surface area contributed by atoms with Crippen LogP contribution in [0.4, 0.5) is 16.3 Å². The van der Waals surface area contributed by atoms with E-state index in [9.17, 15) is 14.7 Å². The van der Waals surface area contributed by atoms with Gasteiger partial charge in [0.2, 0.25) is 0 Å². The van der Waals surface area contributed by atoms with Crippen LogP contribution in [0.15, 0.2) is 53.3 Å². The van der Waals surface area contributed by atoms with Crippen molar-refractivity contribution in [2.45, 2.75) is 0 Å². The molecule has 4 N–H and O–H groups in total. The maximum atomic E-state index is 12.0. The number of rotatable bonds is 2. The summed E-state index contributed by atoms with van der Waals surface area (Å²) in [6.07, 6.45) is 0. The number of amides is 2. The average Bonchev–Trinajstić information content (AvgIpc) is 2.51. The summed E-state index contributed by atoms with van der Waals surface area (Å²) in [5, 5.41) is 22.3. The first-order valence-corrected chi connectivity index (χ1v) is 6.48. The molecule has 110 valence electrons. The van der Waals surface area contributed by atoms with Gasteiger partial charge in [-0.1, -0.05) is 24.3 Å². The lowest BCUT2D eigenvalue weighted by Crippen LogP contribution is -2.21. The van der Waals surface area contributed by atoms with Gasteiger partial charge in [0.05, 0.1) is 5.69 Å². The molecule has 2 amide bonds. The number of anilines is 2. The number of H-pyrrole nitrogens is 1. The summed E-state index contributed by atoms with van der Waals surface area (Å²) in [6, 6.07) is 12.4. The van der Waals surface area contributed by atoms with Crippen LogP contribution in [0.25, 0.3) is 10.8 Å². The molecule has 7 heteroatoms. The van der Waals surface area contributed by atoms with E-state index in [1.165, 1.54) is 12.1 Å². The molecular formula is C15H12N4O3. The quantitative estimate of drug-likeness (QED) is 0.582. The minimum absolute atomic E-state index is 0.142. The SMILES string of the molecule is O=C(Nc1ccc(=O)[nH]n1)Nc1cccc2c(O)cccc12. The summed E-state index contributed by atoms with van der Waals surface area (Å²) < 4.78 is 0. The van der Waals surface area contributed by atoms with E-state index in [0.717, 1.165) is 0 Å². The Labute approximate surface area is 124 Å². The van der Waals surface area contributed by atoms with E-state index in [4.69, 9.17) is 0 Å². The number of nitrogens with zero attached hydrogens (tertiary/aromatic N) is 1. The van der Waals surface area contributed by atoms with Gasteiger partial charge < -0.3 is 10.4 Å². The second-order valence-corrected chi connectivity index (χ2v) is 4.56. The van der Waals surface area contributed by atoms with Crippen molar-refractivity contribution in [2.24, 2.45) is 0 Å². The first-order chi connectivity index (χ1) is 10.6. The number of fused-ring (bicyclic) bond motifs is 1. The van der Waals surface area contributed by atoms with Crippen LogP contribution in [0.1, 0.15) is 0 Å². The Kier molecular flexibility index (Phi) is 3.45. The highest BCUT2D eigenvalue weighted by Gasteiger charge is 2.08. The fourth-order valence-electron chi connectivity index (χ4n) is 2.09. The number of urea groups is 1. The molecule has 0 saturated carbocycles. The zero-order valence-corrected chi connectivity index (χ0v) is 11.3. The Balaban J connectivity index is 1.84. The molecule has 3 rings (SSSR count). The molecule has 0 aliphatic rings. The molecular weight excluding hydrogens is 284 g/mol. The average molecular weight is 296 g/mol. The van der Waals surface area contributed by atoms with Gasteiger partial charge in [-0.3, -0.25) is 10.1 Å². The van der Waals surface area contributed by atoms with Crippen LogP contribution < -0.4 is 16.2 Å². The Morgan fingerprint density at radius 3 is 2.55 bits per heavy atom. The first kappa shape index (κ1) is 13.6. The van der Waals surface area contributed by atoms with Crippen LogP contribution in [-0.2, 0) is 0 Å². The van der Waals surface area contributed by atoms with Crippen molar-refractivity contribution in [1.29, 1.82) is 0 Å². The summed E-state index contributed by atoms with van der Waals surface area (Å²) in [7, 11) is 0. The maximum Gasteiger partial charge on any atom is 0.324 e. The number of aromatic nitrogens is 2. The molecule has 0 unspecified atom stereocenters. The molecule has 7 nitrogen and oxygen atoms in total. The Morgan fingerprint density at radius 2 is 1.77 bits per heavy atom. The number of aromatic amines is 1. The normalized spacial score (nSPS) is 10.4. The fourth-order valence-corrected chi connectivity index (χ4v) is 2.09. The molecule has 2 aromatic carbocycles. The van der Waals surface area contributed by atoms with Crippen molar-refractivity contribution in [3.8, 4) is 5.75 Å². The van der Waals surface area contributed by atoms with Crippen molar-refractivity contribution < 1.29 is 9.90 Å². The van der Waals surface area contributed by atoms with E-state index in [2.05, 4.69) is 20.8 Å². The van der Waals surface area contributed by atoms with E-state index < -0.39 is 6.03 Å². The molecule has 0 fully saturated rings. The van der Waals surface area contributed by atoms with Crippen molar-refractivity contribution in [1.82, 2.24) is 10.2 Å². The molecule has 0 bridgehead atoms. The number of nitrogens with one attached hydrogen (secondary N) is 3. The maximum absolute atomic E-state index is 12.0. The summed E-state index contributed by atoms with van der Waals surface area (Å²) in [5.74, 6) is 0.365. The molecule has 1 heterocycles. The van der Waals surface area contributed by atoms with Gasteiger partial charge in [0.25, 0.3) is 5.56 Å². The number of carbonyl (C=O) groups excluding carboxylic acids is 1. The lowest BCUT2D eigenvalue weighted by atomic mass is 10.1. The molecule has 0 atom stereocenters. The smallest absolute Gasteiger partial charge is 0.324 e. The van der Waals surface area contributed by atoms with Crippen LogP contribution in [0.5, 0.6) is 5.75 Å². The van der Waals surface area contributed by atoms with E-state index in [1.807, 2.05) is 0 Å². The molecule has 3 aromatic rings. The van der Waals surface area contributed by atoms with E-state index in [-0.39, 0.29) is 17.1 Å². The number of carbonyl (C=O) groups is 1. The largest absolute Gasteiger partial charge is 0.507 e. The number of hydrogen-bond acceptors (Lipinski definition) is 4. The molecule has 0 aliphatic heterocycles. The minimum atomic E-state index is -0.504. The summed E-state index contributed by atoms with van der Waals surface area (Å²) in [4.78, 5) is 22.9. The highest BCUT2D eigenvalue weighted by Crippen LogP contribution is 2.29. The van der Waals surface area contributed by atoms with E-state index >= 15 is 0 Å². The molecule has 0 spiro atoms. The number of phenols is 1. The Bertz CT molecular complexity index is 884. The standard InChI is InChI=1S/C15H12N4O3/c20-12-6-2-3-9-10(12)4-1-5-11(9)16-15(22)17-13-7-8-14(21)19-18-13/h1-8,20H,(H,19,21)(H2,16,17,18,22). The zero-order chi connectivity index (χ0) is 15.5. The van der Waals surface area contributed by atoms with Crippen molar-refractivity contribution in [2.75, 3.05) is 10.6 Å². The lowest BCUT2D eigenvalue weighted by molar-refractivity contribution is 0.262. The Hall–Kier alpha value is -3.35. The van der Waals surface area contributed by atoms with Crippen LogP contribution >= 0.6 is 0 Å². The number of phenolic OH excluding ortho intramolecular Hbond substituents is 1. The van der Waals surface area contributed by atoms with Crippen molar-refractivity contribution in [3.63, 3.8) is 0 Å². The van der Waals surface area contributed by atoms with Crippen LogP contribution in [0, 0.1) is 0 Å². The second kappa shape index (κ2) is 5.57. The predicted molar refractivity (Wildman–Crippen MR) is 83.1 cm³/mol. The third kappa shape index (κ3) is 2.73. The first-order valence-electron chi connectivity index (χ1n) is 6.48. The van der Waals surface area contributed by atoms with Crippen molar-refractivity contribution >= 4 is 28.3 Å². The van der Waals surface area contributed by atoms with Gasteiger partial charge in [-0.15, -0.1) is 0 Å². The summed E-state index contributed by atoms with van der Waals surface area (Å²) in [5.41, 5.74) is 0.200. The minimum Gasteiger partial charge on any atom is -0.507 e. The monoisotopic (exact) mass is 296 g/mol. The van der Waals surface area contributed by atoms with Gasteiger partial charge in [0.1, 0.15) is 5.75 Å². The van der Waals surface area contributed by atoms with E-state index in [0.29, 0.717) is 16.5 Å². The highest BCUT2D eigenvalue weighted by atomic mass is 16.3. The molecule has 0 saturated heterocycles. The zero-order valence-electron chi connectivity index (χ0n) is 11.3. The molecule has 0 radical (unpaired) electrons. The topological polar surface area (TPSA) is 107 Å². The third-order valence-electron chi connectivity index (χ3n) is 3.07. The van der Waals surface area contributed by atoms with Crippen LogP contribution in [0.3, 0.4) is 0 Å². The number of benzene rings is 2. The van der Waals surface area contributed by atoms with Gasteiger partial charge in [-0.2, -0.15) is 5.10 Å². The Morgan fingerprint density at radius 1 is 1.00 bits per heavy atom. The predicted octanol–water partition coefficient (Wildman–Crippen LogP) is 2.27.